The van der Waals surface area contributed by atoms with E-state index in [4.69, 9.17) is 14.4 Å². The van der Waals surface area contributed by atoms with Gasteiger partial charge in [-0.2, -0.15) is 0 Å². The summed E-state index contributed by atoms with van der Waals surface area (Å²) in [5, 5.41) is 10.5. The summed E-state index contributed by atoms with van der Waals surface area (Å²) in [5.74, 6) is 0.660. The fourth-order valence-corrected chi connectivity index (χ4v) is 9.48. The molecule has 0 unspecified atom stereocenters. The molecule has 0 aliphatic heterocycles. The Morgan fingerprint density at radius 2 is 1.25 bits per heavy atom. The van der Waals surface area contributed by atoms with Crippen LogP contribution in [0.4, 0.5) is 0 Å². The van der Waals surface area contributed by atoms with Crippen molar-refractivity contribution < 1.29 is 4.42 Å². The van der Waals surface area contributed by atoms with Crippen molar-refractivity contribution in [2.75, 3.05) is 0 Å². The molecule has 4 aromatic heterocycles. The van der Waals surface area contributed by atoms with Gasteiger partial charge in [0.05, 0.1) is 22.2 Å². The van der Waals surface area contributed by atoms with Gasteiger partial charge in [-0.3, -0.25) is 4.57 Å². The van der Waals surface area contributed by atoms with Crippen LogP contribution in [0.1, 0.15) is 0 Å². The third-order valence-electron chi connectivity index (χ3n) is 10.8. The smallest absolute Gasteiger partial charge is 0.235 e. The summed E-state index contributed by atoms with van der Waals surface area (Å²) in [6.45, 7) is 0. The van der Waals surface area contributed by atoms with Crippen molar-refractivity contribution >= 4 is 96.9 Å². The van der Waals surface area contributed by atoms with E-state index in [1.165, 1.54) is 41.7 Å². The highest BCUT2D eigenvalue weighted by Gasteiger charge is 2.22. The van der Waals surface area contributed by atoms with Crippen LogP contribution in [-0.2, 0) is 0 Å². The zero-order valence-corrected chi connectivity index (χ0v) is 29.1. The number of fused-ring (bicyclic) bond motifs is 12. The first kappa shape index (κ1) is 28.8. The van der Waals surface area contributed by atoms with Gasteiger partial charge in [-0.1, -0.05) is 121 Å². The third kappa shape index (κ3) is 4.17. The minimum atomic E-state index is 0.660. The standard InChI is InChI=1S/C48H27N3OS/c1-2-11-29-26-31(21-20-28(29)10-1)45-37-14-3-6-17-39(37)49-48(50-45)51-40-18-7-4-12-33(40)35-23-25-43-44(46(35)51)38-27-30(22-24-42(38)53-43)32-15-9-16-36-34-13-5-8-19-41(34)52-47(32)36/h1-27H. The topological polar surface area (TPSA) is 43.9 Å². The fourth-order valence-electron chi connectivity index (χ4n) is 8.39. The van der Waals surface area contributed by atoms with Crippen LogP contribution in [0.15, 0.2) is 168 Å². The van der Waals surface area contributed by atoms with E-state index in [1.54, 1.807) is 0 Å². The number of furan rings is 1. The summed E-state index contributed by atoms with van der Waals surface area (Å²) in [6, 6.07) is 58.2. The van der Waals surface area contributed by atoms with Crippen molar-refractivity contribution in [2.24, 2.45) is 0 Å². The Kier molecular flexibility index (Phi) is 5.90. The van der Waals surface area contributed by atoms with Crippen LogP contribution >= 0.6 is 11.3 Å². The van der Waals surface area contributed by atoms with Crippen molar-refractivity contribution in [3.63, 3.8) is 0 Å². The summed E-state index contributed by atoms with van der Waals surface area (Å²) in [5.41, 5.74) is 9.14. The number of aromatic nitrogens is 3. The molecular formula is C48H27N3OS. The van der Waals surface area contributed by atoms with E-state index in [2.05, 4.69) is 156 Å². The molecular weight excluding hydrogens is 667 g/mol. The van der Waals surface area contributed by atoms with Crippen LogP contribution in [0.25, 0.3) is 114 Å². The molecule has 0 N–H and O–H groups in total. The van der Waals surface area contributed by atoms with Gasteiger partial charge in [0.15, 0.2) is 0 Å². The highest BCUT2D eigenvalue weighted by Crippen LogP contribution is 2.45. The van der Waals surface area contributed by atoms with Gasteiger partial charge in [-0.15, -0.1) is 11.3 Å². The summed E-state index contributed by atoms with van der Waals surface area (Å²) in [7, 11) is 0. The lowest BCUT2D eigenvalue weighted by Crippen LogP contribution is -2.03. The zero-order valence-electron chi connectivity index (χ0n) is 28.2. The van der Waals surface area contributed by atoms with Crippen LogP contribution in [0, 0.1) is 0 Å². The lowest BCUT2D eigenvalue weighted by molar-refractivity contribution is 0.670. The SMILES string of the molecule is c1ccc2cc(-c3nc(-n4c5ccccc5c5ccc6sc7ccc(-c8cccc9c8oc8ccccc89)cc7c6c54)nc4ccccc34)ccc2c1. The molecule has 12 rings (SSSR count). The maximum absolute atomic E-state index is 6.49. The van der Waals surface area contributed by atoms with Crippen LogP contribution in [0.5, 0.6) is 0 Å². The molecule has 4 nitrogen and oxygen atoms in total. The molecule has 246 valence electrons. The molecule has 0 bridgehead atoms. The maximum atomic E-state index is 6.49. The van der Waals surface area contributed by atoms with Crippen molar-refractivity contribution in [1.82, 2.24) is 14.5 Å². The number of hydrogen-bond acceptors (Lipinski definition) is 4. The Labute approximate surface area is 306 Å². The molecule has 0 radical (unpaired) electrons. The predicted octanol–water partition coefficient (Wildman–Crippen LogP) is 13.5. The maximum Gasteiger partial charge on any atom is 0.235 e. The molecule has 4 heterocycles. The average molecular weight is 694 g/mol. The van der Waals surface area contributed by atoms with Gasteiger partial charge < -0.3 is 4.42 Å². The van der Waals surface area contributed by atoms with Gasteiger partial charge in [0.2, 0.25) is 5.95 Å². The highest BCUT2D eigenvalue weighted by molar-refractivity contribution is 7.26. The summed E-state index contributed by atoms with van der Waals surface area (Å²) in [6.07, 6.45) is 0. The fraction of sp³-hybridized carbons (Fsp3) is 0. The Hall–Kier alpha value is -6.82. The normalized spacial score (nSPS) is 12.2. The molecule has 0 spiro atoms. The molecule has 0 saturated heterocycles. The Morgan fingerprint density at radius 1 is 0.491 bits per heavy atom. The van der Waals surface area contributed by atoms with Crippen molar-refractivity contribution in [2.45, 2.75) is 0 Å². The van der Waals surface area contributed by atoms with E-state index in [-0.39, 0.29) is 0 Å². The first-order valence-electron chi connectivity index (χ1n) is 17.8. The minimum absolute atomic E-state index is 0.660. The van der Waals surface area contributed by atoms with Crippen LogP contribution in [0.3, 0.4) is 0 Å². The Bertz CT molecular complexity index is 3480. The summed E-state index contributed by atoms with van der Waals surface area (Å²) < 4.78 is 11.3. The second-order valence-electron chi connectivity index (χ2n) is 13.7. The quantitative estimate of drug-likeness (QED) is 0.185. The van der Waals surface area contributed by atoms with Crippen molar-refractivity contribution in [3.8, 4) is 28.3 Å². The van der Waals surface area contributed by atoms with Gasteiger partial charge in [-0.05, 0) is 58.8 Å². The number of rotatable bonds is 3. The number of nitrogens with zero attached hydrogens (tertiary/aromatic N) is 3. The molecule has 0 saturated carbocycles. The second-order valence-corrected chi connectivity index (χ2v) is 14.8. The molecule has 0 atom stereocenters. The lowest BCUT2D eigenvalue weighted by atomic mass is 10.00. The van der Waals surface area contributed by atoms with Crippen LogP contribution in [0.2, 0.25) is 0 Å². The number of benzene rings is 8. The average Bonchev–Trinajstić information content (AvgIpc) is 3.89. The number of para-hydroxylation sites is 4. The molecule has 8 aromatic carbocycles. The number of thiophene rings is 1. The largest absolute Gasteiger partial charge is 0.455 e. The summed E-state index contributed by atoms with van der Waals surface area (Å²) in [4.78, 5) is 10.8. The van der Waals surface area contributed by atoms with Gasteiger partial charge in [-0.25, -0.2) is 9.97 Å². The van der Waals surface area contributed by atoms with E-state index in [0.717, 1.165) is 66.3 Å². The van der Waals surface area contributed by atoms with E-state index >= 15 is 0 Å². The first-order chi connectivity index (χ1) is 26.3. The molecule has 0 aliphatic rings. The Balaban J connectivity index is 1.17. The van der Waals surface area contributed by atoms with Crippen LogP contribution in [-0.4, -0.2) is 14.5 Å². The van der Waals surface area contributed by atoms with E-state index in [1.807, 2.05) is 23.5 Å². The Morgan fingerprint density at radius 3 is 2.19 bits per heavy atom. The van der Waals surface area contributed by atoms with E-state index in [0.29, 0.717) is 5.95 Å². The molecule has 0 aliphatic carbocycles. The zero-order chi connectivity index (χ0) is 34.6. The number of hydrogen-bond donors (Lipinski definition) is 0. The van der Waals surface area contributed by atoms with Gasteiger partial charge in [0.1, 0.15) is 11.2 Å². The molecule has 0 fully saturated rings. The minimum Gasteiger partial charge on any atom is -0.455 e. The molecule has 53 heavy (non-hydrogen) atoms. The molecule has 0 amide bonds. The molecule has 5 heteroatoms. The van der Waals surface area contributed by atoms with Crippen molar-refractivity contribution in [3.05, 3.63) is 164 Å². The predicted molar refractivity (Wildman–Crippen MR) is 222 cm³/mol. The van der Waals surface area contributed by atoms with E-state index in [9.17, 15) is 0 Å². The highest BCUT2D eigenvalue weighted by atomic mass is 32.1. The first-order valence-corrected chi connectivity index (χ1v) is 18.6. The monoisotopic (exact) mass is 693 g/mol. The summed E-state index contributed by atoms with van der Waals surface area (Å²) >= 11 is 1.83. The molecule has 12 aromatic rings. The van der Waals surface area contributed by atoms with Gasteiger partial charge >= 0.3 is 0 Å². The van der Waals surface area contributed by atoms with Gasteiger partial charge in [0, 0.05) is 58.2 Å². The third-order valence-corrected chi connectivity index (χ3v) is 11.9. The van der Waals surface area contributed by atoms with Crippen molar-refractivity contribution in [1.29, 1.82) is 0 Å². The lowest BCUT2D eigenvalue weighted by Gasteiger charge is -2.13. The van der Waals surface area contributed by atoms with E-state index < -0.39 is 0 Å². The second kappa shape index (κ2) is 10.8. The van der Waals surface area contributed by atoms with Crippen LogP contribution < -0.4 is 0 Å². The van der Waals surface area contributed by atoms with Gasteiger partial charge in [0.25, 0.3) is 0 Å².